The smallest absolute Gasteiger partial charge is 0.303 e. The van der Waals surface area contributed by atoms with E-state index in [1.165, 1.54) is 19.3 Å². The van der Waals surface area contributed by atoms with Gasteiger partial charge in [0.05, 0.1) is 0 Å². The topological polar surface area (TPSA) is 37.3 Å². The summed E-state index contributed by atoms with van der Waals surface area (Å²) in [5, 5.41) is 8.47. The van der Waals surface area contributed by atoms with Gasteiger partial charge in [0.25, 0.3) is 0 Å². The molecule has 0 heterocycles. The molecular weight excluding hydrogens is 224 g/mol. The minimum absolute atomic E-state index is 0.317. The minimum Gasteiger partial charge on any atom is -0.481 e. The average Bonchev–Trinajstić information content (AvgIpc) is 2.34. The lowest BCUT2D eigenvalue weighted by Crippen LogP contribution is -1.93. The second-order valence-electron chi connectivity index (χ2n) is 4.62. The molecule has 18 heavy (non-hydrogen) atoms. The van der Waals surface area contributed by atoms with Crippen molar-refractivity contribution in [3.8, 4) is 12.3 Å². The summed E-state index contributed by atoms with van der Waals surface area (Å²) in [4.78, 5) is 10.3. The Labute approximate surface area is 111 Å². The molecule has 0 radical (unpaired) electrons. The Morgan fingerprint density at radius 1 is 0.944 bits per heavy atom. The lowest BCUT2D eigenvalue weighted by atomic mass is 10.1. The van der Waals surface area contributed by atoms with Gasteiger partial charge < -0.3 is 5.11 Å². The highest BCUT2D eigenvalue weighted by molar-refractivity contribution is 5.66. The quantitative estimate of drug-likeness (QED) is 0.313. The Morgan fingerprint density at radius 3 is 2.11 bits per heavy atom. The zero-order chi connectivity index (χ0) is 13.5. The molecule has 1 N–H and O–H groups in total. The third-order valence-electron chi connectivity index (χ3n) is 2.87. The fourth-order valence-corrected chi connectivity index (χ4v) is 1.79. The number of hydrogen-bond donors (Lipinski definition) is 1. The van der Waals surface area contributed by atoms with Gasteiger partial charge in [0.2, 0.25) is 0 Å². The van der Waals surface area contributed by atoms with E-state index in [1.807, 2.05) is 0 Å². The van der Waals surface area contributed by atoms with Crippen LogP contribution in [0.3, 0.4) is 0 Å². The zero-order valence-corrected chi connectivity index (χ0v) is 11.4. The number of hydrogen-bond acceptors (Lipinski definition) is 1. The van der Waals surface area contributed by atoms with E-state index < -0.39 is 5.97 Å². The van der Waals surface area contributed by atoms with E-state index in [0.29, 0.717) is 6.42 Å². The van der Waals surface area contributed by atoms with Crippen molar-refractivity contribution in [2.24, 2.45) is 0 Å². The van der Waals surface area contributed by atoms with Crippen LogP contribution in [0.1, 0.15) is 70.6 Å². The molecule has 0 rings (SSSR count). The first-order valence-corrected chi connectivity index (χ1v) is 7.07. The van der Waals surface area contributed by atoms with Crippen LogP contribution in [0.4, 0.5) is 0 Å². The van der Waals surface area contributed by atoms with Gasteiger partial charge in [-0.3, -0.25) is 4.79 Å². The number of allylic oxidation sites excluding steroid dienone is 2. The van der Waals surface area contributed by atoms with Crippen molar-refractivity contribution < 1.29 is 9.90 Å². The first kappa shape index (κ1) is 16.8. The molecule has 0 bridgehead atoms. The Hall–Kier alpha value is -1.23. The SMILES string of the molecule is C#CCCCC/C=C/CCCCCCCC(=O)O. The Balaban J connectivity index is 3.08. The molecule has 0 aliphatic carbocycles. The van der Waals surface area contributed by atoms with Crippen molar-refractivity contribution in [3.05, 3.63) is 12.2 Å². The molecule has 0 aromatic carbocycles. The predicted octanol–water partition coefficient (Wildman–Crippen LogP) is 4.55. The zero-order valence-electron chi connectivity index (χ0n) is 11.4. The number of aliphatic carboxylic acids is 1. The summed E-state index contributed by atoms with van der Waals surface area (Å²) in [6.45, 7) is 0. The largest absolute Gasteiger partial charge is 0.481 e. The summed E-state index contributed by atoms with van der Waals surface area (Å²) in [6.07, 6.45) is 20.9. The first-order chi connectivity index (χ1) is 8.77. The number of terminal acetylenes is 1. The molecule has 0 amide bonds. The van der Waals surface area contributed by atoms with Gasteiger partial charge in [0.15, 0.2) is 0 Å². The maximum Gasteiger partial charge on any atom is 0.303 e. The van der Waals surface area contributed by atoms with E-state index >= 15 is 0 Å². The maximum absolute atomic E-state index is 10.3. The van der Waals surface area contributed by atoms with Crippen LogP contribution in [-0.4, -0.2) is 11.1 Å². The molecule has 0 unspecified atom stereocenters. The normalized spacial score (nSPS) is 10.6. The van der Waals surface area contributed by atoms with Crippen LogP contribution in [0.25, 0.3) is 0 Å². The second-order valence-corrected chi connectivity index (χ2v) is 4.62. The minimum atomic E-state index is -0.678. The predicted molar refractivity (Wildman–Crippen MR) is 76.4 cm³/mol. The molecule has 0 aliphatic heterocycles. The van der Waals surface area contributed by atoms with Crippen LogP contribution in [0, 0.1) is 12.3 Å². The van der Waals surface area contributed by atoms with Gasteiger partial charge in [-0.15, -0.1) is 12.3 Å². The molecule has 2 heteroatoms. The highest BCUT2D eigenvalue weighted by Gasteiger charge is 1.95. The van der Waals surface area contributed by atoms with E-state index in [2.05, 4.69) is 18.1 Å². The summed E-state index contributed by atoms with van der Waals surface area (Å²) in [7, 11) is 0. The molecule has 0 saturated heterocycles. The third kappa shape index (κ3) is 14.8. The van der Waals surface area contributed by atoms with E-state index in [4.69, 9.17) is 11.5 Å². The summed E-state index contributed by atoms with van der Waals surface area (Å²) in [5.74, 6) is 1.97. The lowest BCUT2D eigenvalue weighted by molar-refractivity contribution is -0.137. The number of carbonyl (C=O) groups is 1. The van der Waals surface area contributed by atoms with Crippen molar-refractivity contribution >= 4 is 5.97 Å². The Morgan fingerprint density at radius 2 is 1.50 bits per heavy atom. The summed E-state index contributed by atoms with van der Waals surface area (Å²) in [5.41, 5.74) is 0. The van der Waals surface area contributed by atoms with Crippen LogP contribution in [0.2, 0.25) is 0 Å². The van der Waals surface area contributed by atoms with Crippen LogP contribution in [0.5, 0.6) is 0 Å². The highest BCUT2D eigenvalue weighted by Crippen LogP contribution is 2.08. The van der Waals surface area contributed by atoms with E-state index in [1.54, 1.807) is 0 Å². The molecule has 0 fully saturated rings. The summed E-state index contributed by atoms with van der Waals surface area (Å²) < 4.78 is 0. The van der Waals surface area contributed by atoms with Gasteiger partial charge >= 0.3 is 5.97 Å². The Kier molecular flexibility index (Phi) is 12.9. The molecule has 0 aromatic rings. The van der Waals surface area contributed by atoms with E-state index in [-0.39, 0.29) is 0 Å². The fraction of sp³-hybridized carbons (Fsp3) is 0.688. The number of carboxylic acids is 1. The van der Waals surface area contributed by atoms with Gasteiger partial charge in [0.1, 0.15) is 0 Å². The maximum atomic E-state index is 10.3. The van der Waals surface area contributed by atoms with Gasteiger partial charge in [0, 0.05) is 12.8 Å². The van der Waals surface area contributed by atoms with Crippen molar-refractivity contribution in [1.29, 1.82) is 0 Å². The Bertz CT molecular complexity index is 261. The van der Waals surface area contributed by atoms with Crippen LogP contribution in [0.15, 0.2) is 12.2 Å². The molecule has 0 aliphatic rings. The van der Waals surface area contributed by atoms with Crippen LogP contribution < -0.4 is 0 Å². The summed E-state index contributed by atoms with van der Waals surface area (Å²) >= 11 is 0. The van der Waals surface area contributed by atoms with E-state index in [0.717, 1.165) is 44.9 Å². The fourth-order valence-electron chi connectivity index (χ4n) is 1.79. The monoisotopic (exact) mass is 250 g/mol. The van der Waals surface area contributed by atoms with Crippen molar-refractivity contribution in [2.45, 2.75) is 70.6 Å². The average molecular weight is 250 g/mol. The lowest BCUT2D eigenvalue weighted by Gasteiger charge is -1.98. The number of rotatable bonds is 12. The molecule has 0 spiro atoms. The first-order valence-electron chi connectivity index (χ1n) is 7.07. The van der Waals surface area contributed by atoms with Gasteiger partial charge in [-0.1, -0.05) is 31.4 Å². The number of carboxylic acid groups (broad SMARTS) is 1. The third-order valence-corrected chi connectivity index (χ3v) is 2.87. The van der Waals surface area contributed by atoms with Crippen molar-refractivity contribution in [3.63, 3.8) is 0 Å². The standard InChI is InChI=1S/C16H26O2/c1-2-3-4-5-6-7-8-9-10-11-12-13-14-15-16(17)18/h1,7-8H,3-6,9-15H2,(H,17,18)/b8-7+. The molecule has 0 atom stereocenters. The van der Waals surface area contributed by atoms with Crippen LogP contribution >= 0.6 is 0 Å². The second kappa shape index (κ2) is 13.8. The summed E-state index contributed by atoms with van der Waals surface area (Å²) in [6, 6.07) is 0. The van der Waals surface area contributed by atoms with Gasteiger partial charge in [-0.25, -0.2) is 0 Å². The molecule has 102 valence electrons. The number of unbranched alkanes of at least 4 members (excludes halogenated alkanes) is 8. The van der Waals surface area contributed by atoms with Crippen LogP contribution in [-0.2, 0) is 4.79 Å². The molecule has 0 aromatic heterocycles. The van der Waals surface area contributed by atoms with Gasteiger partial charge in [-0.05, 0) is 38.5 Å². The molecular formula is C16H26O2. The molecule has 2 nitrogen and oxygen atoms in total. The van der Waals surface area contributed by atoms with Gasteiger partial charge in [-0.2, -0.15) is 0 Å². The highest BCUT2D eigenvalue weighted by atomic mass is 16.4. The molecule has 0 saturated carbocycles. The van der Waals surface area contributed by atoms with E-state index in [9.17, 15) is 4.79 Å². The van der Waals surface area contributed by atoms with Crippen molar-refractivity contribution in [2.75, 3.05) is 0 Å². The van der Waals surface area contributed by atoms with Crippen molar-refractivity contribution in [1.82, 2.24) is 0 Å².